The summed E-state index contributed by atoms with van der Waals surface area (Å²) in [4.78, 5) is 15.7. The van der Waals surface area contributed by atoms with Gasteiger partial charge < -0.3 is 14.8 Å². The number of nitrogens with one attached hydrogen (secondary N) is 2. The molecule has 0 fully saturated rings. The summed E-state index contributed by atoms with van der Waals surface area (Å²) in [6.45, 7) is 1.96. The Kier molecular flexibility index (Phi) is 4.13. The SMILES string of the molecule is CC(Nc1ncnc2[nH]cnc12)c1cc(Cl)c2conc2c1-c1cccc(F)c1. The number of hydrogen-bond acceptors (Lipinski definition) is 6. The number of halogens is 2. The Morgan fingerprint density at radius 1 is 1.17 bits per heavy atom. The third-order valence-corrected chi connectivity index (χ3v) is 5.10. The van der Waals surface area contributed by atoms with Gasteiger partial charge in [0.1, 0.15) is 29.4 Å². The third-order valence-electron chi connectivity index (χ3n) is 4.78. The van der Waals surface area contributed by atoms with Gasteiger partial charge in [-0.05, 0) is 36.2 Å². The zero-order valence-electron chi connectivity index (χ0n) is 15.1. The van der Waals surface area contributed by atoms with Crippen molar-refractivity contribution in [2.45, 2.75) is 13.0 Å². The van der Waals surface area contributed by atoms with Crippen LogP contribution < -0.4 is 5.32 Å². The van der Waals surface area contributed by atoms with E-state index in [2.05, 4.69) is 30.4 Å². The first-order chi connectivity index (χ1) is 14.1. The summed E-state index contributed by atoms with van der Waals surface area (Å²) in [5, 5.41) is 8.64. The minimum atomic E-state index is -0.338. The van der Waals surface area contributed by atoms with Gasteiger partial charge in [0.15, 0.2) is 11.5 Å². The highest BCUT2D eigenvalue weighted by Crippen LogP contribution is 2.39. The van der Waals surface area contributed by atoms with E-state index >= 15 is 0 Å². The lowest BCUT2D eigenvalue weighted by Crippen LogP contribution is -2.10. The van der Waals surface area contributed by atoms with Crippen LogP contribution in [-0.2, 0) is 0 Å². The average Bonchev–Trinajstić information content (AvgIpc) is 3.38. The molecule has 0 saturated carbocycles. The number of aromatic amines is 1. The second kappa shape index (κ2) is 6.82. The highest BCUT2D eigenvalue weighted by Gasteiger charge is 2.21. The molecule has 144 valence electrons. The van der Waals surface area contributed by atoms with Crippen LogP contribution in [0.2, 0.25) is 5.02 Å². The van der Waals surface area contributed by atoms with Crippen LogP contribution in [0.5, 0.6) is 0 Å². The molecule has 5 rings (SSSR count). The predicted octanol–water partition coefficient (Wildman–Crippen LogP) is 5.13. The number of hydrogen-bond donors (Lipinski definition) is 2. The molecule has 29 heavy (non-hydrogen) atoms. The van der Waals surface area contributed by atoms with Crippen molar-refractivity contribution in [1.29, 1.82) is 0 Å². The number of aromatic nitrogens is 5. The van der Waals surface area contributed by atoms with Gasteiger partial charge in [-0.15, -0.1) is 0 Å². The van der Waals surface area contributed by atoms with Crippen molar-refractivity contribution < 1.29 is 8.91 Å². The Hall–Kier alpha value is -3.52. The molecule has 0 bridgehead atoms. The molecular weight excluding hydrogens is 395 g/mol. The number of nitrogens with zero attached hydrogens (tertiary/aromatic N) is 4. The topological polar surface area (TPSA) is 92.5 Å². The highest BCUT2D eigenvalue weighted by atomic mass is 35.5. The number of benzene rings is 2. The van der Waals surface area contributed by atoms with E-state index < -0.39 is 0 Å². The average molecular weight is 409 g/mol. The lowest BCUT2D eigenvalue weighted by molar-refractivity contribution is 0.428. The fourth-order valence-corrected chi connectivity index (χ4v) is 3.70. The fourth-order valence-electron chi connectivity index (χ4n) is 3.45. The van der Waals surface area contributed by atoms with Crippen molar-refractivity contribution in [3.05, 3.63) is 65.7 Å². The van der Waals surface area contributed by atoms with E-state index in [1.165, 1.54) is 24.7 Å². The summed E-state index contributed by atoms with van der Waals surface area (Å²) in [7, 11) is 0. The molecular formula is C20H14ClFN6O. The molecule has 0 amide bonds. The summed E-state index contributed by atoms with van der Waals surface area (Å²) >= 11 is 6.47. The number of anilines is 1. The lowest BCUT2D eigenvalue weighted by atomic mass is 9.93. The van der Waals surface area contributed by atoms with E-state index in [9.17, 15) is 4.39 Å². The molecule has 3 heterocycles. The van der Waals surface area contributed by atoms with Crippen molar-refractivity contribution in [3.63, 3.8) is 0 Å². The molecule has 7 nitrogen and oxygen atoms in total. The molecule has 0 aliphatic carbocycles. The van der Waals surface area contributed by atoms with Gasteiger partial charge in [0.05, 0.1) is 22.8 Å². The highest BCUT2D eigenvalue weighted by molar-refractivity contribution is 6.36. The molecule has 2 N–H and O–H groups in total. The molecule has 0 aliphatic rings. The smallest absolute Gasteiger partial charge is 0.162 e. The Morgan fingerprint density at radius 3 is 2.93 bits per heavy atom. The molecule has 0 aliphatic heterocycles. The molecule has 0 radical (unpaired) electrons. The van der Waals surface area contributed by atoms with Gasteiger partial charge in [-0.1, -0.05) is 28.9 Å². The van der Waals surface area contributed by atoms with E-state index in [0.717, 1.165) is 11.1 Å². The van der Waals surface area contributed by atoms with E-state index in [-0.39, 0.29) is 11.9 Å². The Morgan fingerprint density at radius 2 is 2.07 bits per heavy atom. The third kappa shape index (κ3) is 2.98. The van der Waals surface area contributed by atoms with Crippen LogP contribution in [0.15, 0.2) is 53.8 Å². The van der Waals surface area contributed by atoms with Crippen molar-refractivity contribution in [1.82, 2.24) is 25.1 Å². The van der Waals surface area contributed by atoms with Gasteiger partial charge in [0.2, 0.25) is 0 Å². The standard InChI is InChI=1S/C20H14ClFN6O/c1-10(27-20-18-19(24-8-23-18)25-9-26-20)13-6-15(21)14-7-29-28-17(14)16(13)11-3-2-4-12(22)5-11/h2-10H,1H3,(H2,23,24,25,26,27). The molecule has 2 aromatic carbocycles. The predicted molar refractivity (Wildman–Crippen MR) is 108 cm³/mol. The first-order valence-corrected chi connectivity index (χ1v) is 9.22. The molecule has 5 aromatic rings. The first kappa shape index (κ1) is 17.6. The lowest BCUT2D eigenvalue weighted by Gasteiger charge is -2.20. The van der Waals surface area contributed by atoms with Crippen molar-refractivity contribution in [2.24, 2.45) is 0 Å². The number of rotatable bonds is 4. The maximum atomic E-state index is 14.0. The largest absolute Gasteiger partial charge is 0.363 e. The van der Waals surface area contributed by atoms with Crippen LogP contribution >= 0.6 is 11.6 Å². The molecule has 1 unspecified atom stereocenters. The van der Waals surface area contributed by atoms with Crippen molar-refractivity contribution in [2.75, 3.05) is 5.32 Å². The second-order valence-corrected chi connectivity index (χ2v) is 7.01. The van der Waals surface area contributed by atoms with Crippen LogP contribution in [0.3, 0.4) is 0 Å². The zero-order valence-corrected chi connectivity index (χ0v) is 15.9. The van der Waals surface area contributed by atoms with Crippen LogP contribution in [-0.4, -0.2) is 25.1 Å². The fraction of sp³-hybridized carbons (Fsp3) is 0.100. The van der Waals surface area contributed by atoms with E-state index in [1.54, 1.807) is 12.4 Å². The summed E-state index contributed by atoms with van der Waals surface area (Å²) in [6.07, 6.45) is 4.50. The minimum Gasteiger partial charge on any atom is -0.363 e. The number of H-pyrrole nitrogens is 1. The van der Waals surface area contributed by atoms with Crippen LogP contribution in [0.4, 0.5) is 10.2 Å². The monoisotopic (exact) mass is 408 g/mol. The Balaban J connectivity index is 1.67. The van der Waals surface area contributed by atoms with Crippen LogP contribution in [0.25, 0.3) is 33.2 Å². The van der Waals surface area contributed by atoms with Crippen LogP contribution in [0.1, 0.15) is 18.5 Å². The van der Waals surface area contributed by atoms with Gasteiger partial charge in [-0.2, -0.15) is 0 Å². The first-order valence-electron chi connectivity index (χ1n) is 8.85. The van der Waals surface area contributed by atoms with Gasteiger partial charge in [0, 0.05) is 5.56 Å². The van der Waals surface area contributed by atoms with E-state index in [1.807, 2.05) is 19.1 Å². The maximum Gasteiger partial charge on any atom is 0.162 e. The van der Waals surface area contributed by atoms with E-state index in [0.29, 0.717) is 38.5 Å². The second-order valence-electron chi connectivity index (χ2n) is 6.60. The molecule has 0 spiro atoms. The number of imidazole rings is 1. The van der Waals surface area contributed by atoms with Crippen LogP contribution in [0, 0.1) is 5.82 Å². The Bertz CT molecular complexity index is 1350. The summed E-state index contributed by atoms with van der Waals surface area (Å²) in [5.41, 5.74) is 4.07. The summed E-state index contributed by atoms with van der Waals surface area (Å²) in [6, 6.07) is 7.93. The summed E-state index contributed by atoms with van der Waals surface area (Å²) < 4.78 is 19.1. The molecule has 9 heteroatoms. The van der Waals surface area contributed by atoms with Crippen molar-refractivity contribution >= 4 is 39.5 Å². The quantitative estimate of drug-likeness (QED) is 0.428. The minimum absolute atomic E-state index is 0.248. The molecule has 1 atom stereocenters. The van der Waals surface area contributed by atoms with Gasteiger partial charge in [-0.3, -0.25) is 0 Å². The summed E-state index contributed by atoms with van der Waals surface area (Å²) in [5.74, 6) is 0.236. The maximum absolute atomic E-state index is 14.0. The van der Waals surface area contributed by atoms with E-state index in [4.69, 9.17) is 16.1 Å². The molecule has 3 aromatic heterocycles. The van der Waals surface area contributed by atoms with Gasteiger partial charge in [-0.25, -0.2) is 19.3 Å². The number of fused-ring (bicyclic) bond motifs is 2. The van der Waals surface area contributed by atoms with Crippen molar-refractivity contribution in [3.8, 4) is 11.1 Å². The molecule has 0 saturated heterocycles. The Labute approximate surface area is 168 Å². The van der Waals surface area contributed by atoms with Gasteiger partial charge >= 0.3 is 0 Å². The zero-order chi connectivity index (χ0) is 20.0. The normalized spacial score (nSPS) is 12.5. The van der Waals surface area contributed by atoms with Gasteiger partial charge in [0.25, 0.3) is 0 Å².